The molecule has 0 aromatic rings. The fourth-order valence-corrected chi connectivity index (χ4v) is 3.03. The molecule has 1 fully saturated rings. The lowest BCUT2D eigenvalue weighted by Gasteiger charge is -2.42. The normalized spacial score (nSPS) is 32.1. The first-order valence-electron chi connectivity index (χ1n) is 6.77. The highest BCUT2D eigenvalue weighted by molar-refractivity contribution is 4.85. The molecule has 2 N–H and O–H groups in total. The molecule has 1 rings (SSSR count). The van der Waals surface area contributed by atoms with Gasteiger partial charge in [-0.1, -0.05) is 40.5 Å². The topological polar surface area (TPSA) is 29.3 Å². The van der Waals surface area contributed by atoms with Crippen molar-refractivity contribution in [3.63, 3.8) is 0 Å². The largest absolute Gasteiger partial charge is 0.330 e. The summed E-state index contributed by atoms with van der Waals surface area (Å²) in [6.45, 7) is 11.2. The summed E-state index contributed by atoms with van der Waals surface area (Å²) >= 11 is 0. The average Bonchev–Trinajstić information content (AvgIpc) is 2.21. The SMILES string of the molecule is CC1CCCC(N(C)CC(C)(C)CN)C1C. The van der Waals surface area contributed by atoms with Crippen LogP contribution in [-0.2, 0) is 0 Å². The summed E-state index contributed by atoms with van der Waals surface area (Å²) in [7, 11) is 2.27. The molecular weight excluding hydrogens is 196 g/mol. The maximum absolute atomic E-state index is 5.82. The molecule has 2 nitrogen and oxygen atoms in total. The lowest BCUT2D eigenvalue weighted by molar-refractivity contribution is 0.0741. The molecule has 3 atom stereocenters. The molecule has 1 aliphatic carbocycles. The zero-order valence-electron chi connectivity index (χ0n) is 11.8. The van der Waals surface area contributed by atoms with Crippen molar-refractivity contribution in [3.05, 3.63) is 0 Å². The van der Waals surface area contributed by atoms with Crippen LogP contribution in [0, 0.1) is 17.3 Å². The molecule has 0 radical (unpaired) electrons. The lowest BCUT2D eigenvalue weighted by atomic mass is 9.77. The predicted octanol–water partition coefficient (Wildman–Crippen LogP) is 2.73. The molecule has 1 saturated carbocycles. The molecule has 96 valence electrons. The molecule has 2 heteroatoms. The van der Waals surface area contributed by atoms with Gasteiger partial charge < -0.3 is 10.6 Å². The van der Waals surface area contributed by atoms with E-state index in [9.17, 15) is 0 Å². The molecular formula is C14H30N2. The summed E-state index contributed by atoms with van der Waals surface area (Å²) in [6, 6.07) is 0.759. The van der Waals surface area contributed by atoms with Gasteiger partial charge in [-0.3, -0.25) is 0 Å². The summed E-state index contributed by atoms with van der Waals surface area (Å²) in [5.74, 6) is 1.70. The summed E-state index contributed by atoms with van der Waals surface area (Å²) in [5.41, 5.74) is 6.06. The Morgan fingerprint density at radius 3 is 2.44 bits per heavy atom. The number of nitrogens with two attached hydrogens (primary N) is 1. The van der Waals surface area contributed by atoms with Gasteiger partial charge in [0.25, 0.3) is 0 Å². The monoisotopic (exact) mass is 226 g/mol. The summed E-state index contributed by atoms with van der Waals surface area (Å²) in [4.78, 5) is 2.55. The molecule has 0 aromatic heterocycles. The fraction of sp³-hybridized carbons (Fsp3) is 1.00. The van der Waals surface area contributed by atoms with Gasteiger partial charge in [-0.15, -0.1) is 0 Å². The van der Waals surface area contributed by atoms with Gasteiger partial charge in [0.1, 0.15) is 0 Å². The highest BCUT2D eigenvalue weighted by atomic mass is 15.1. The van der Waals surface area contributed by atoms with E-state index in [2.05, 4.69) is 39.6 Å². The van der Waals surface area contributed by atoms with Gasteiger partial charge >= 0.3 is 0 Å². The minimum atomic E-state index is 0.245. The number of nitrogens with zero attached hydrogens (tertiary/aromatic N) is 1. The van der Waals surface area contributed by atoms with E-state index in [1.165, 1.54) is 19.3 Å². The van der Waals surface area contributed by atoms with Gasteiger partial charge in [0.05, 0.1) is 0 Å². The first-order chi connectivity index (χ1) is 7.37. The van der Waals surface area contributed by atoms with Gasteiger partial charge in [0.15, 0.2) is 0 Å². The second-order valence-electron chi connectivity index (χ2n) is 6.62. The molecule has 0 aromatic carbocycles. The highest BCUT2D eigenvalue weighted by Gasteiger charge is 2.31. The minimum Gasteiger partial charge on any atom is -0.330 e. The Bertz CT molecular complexity index is 213. The first-order valence-corrected chi connectivity index (χ1v) is 6.77. The fourth-order valence-electron chi connectivity index (χ4n) is 3.03. The Labute approximate surface area is 102 Å². The molecule has 3 unspecified atom stereocenters. The van der Waals surface area contributed by atoms with Crippen molar-refractivity contribution in [3.8, 4) is 0 Å². The van der Waals surface area contributed by atoms with Crippen molar-refractivity contribution in [1.29, 1.82) is 0 Å². The molecule has 16 heavy (non-hydrogen) atoms. The van der Waals surface area contributed by atoms with Crippen LogP contribution in [0.5, 0.6) is 0 Å². The lowest BCUT2D eigenvalue weighted by Crippen LogP contribution is -2.47. The third kappa shape index (κ3) is 3.46. The Morgan fingerprint density at radius 1 is 1.25 bits per heavy atom. The molecule has 0 amide bonds. The smallest absolute Gasteiger partial charge is 0.0121 e. The van der Waals surface area contributed by atoms with Crippen LogP contribution in [-0.4, -0.2) is 31.1 Å². The van der Waals surface area contributed by atoms with Crippen LogP contribution < -0.4 is 5.73 Å². The van der Waals surface area contributed by atoms with E-state index in [4.69, 9.17) is 5.73 Å². The van der Waals surface area contributed by atoms with E-state index in [1.54, 1.807) is 0 Å². The zero-order valence-corrected chi connectivity index (χ0v) is 11.8. The average molecular weight is 226 g/mol. The van der Waals surface area contributed by atoms with E-state index in [-0.39, 0.29) is 5.41 Å². The molecule has 1 aliphatic rings. The second kappa shape index (κ2) is 5.50. The van der Waals surface area contributed by atoms with Crippen LogP contribution in [0.4, 0.5) is 0 Å². The molecule has 0 saturated heterocycles. The van der Waals surface area contributed by atoms with Gasteiger partial charge in [-0.2, -0.15) is 0 Å². The van der Waals surface area contributed by atoms with Gasteiger partial charge in [0.2, 0.25) is 0 Å². The Morgan fingerprint density at radius 2 is 1.88 bits per heavy atom. The van der Waals surface area contributed by atoms with Crippen molar-refractivity contribution in [2.75, 3.05) is 20.1 Å². The summed E-state index contributed by atoms with van der Waals surface area (Å²) in [5, 5.41) is 0. The van der Waals surface area contributed by atoms with Crippen molar-refractivity contribution >= 4 is 0 Å². The standard InChI is InChI=1S/C14H30N2/c1-11-7-6-8-13(12(11)2)16(5)10-14(3,4)9-15/h11-13H,6-10,15H2,1-5H3. The van der Waals surface area contributed by atoms with Crippen LogP contribution in [0.3, 0.4) is 0 Å². The van der Waals surface area contributed by atoms with Crippen molar-refractivity contribution in [2.45, 2.75) is 53.0 Å². The van der Waals surface area contributed by atoms with E-state index in [0.717, 1.165) is 31.0 Å². The Hall–Kier alpha value is -0.0800. The van der Waals surface area contributed by atoms with Crippen LogP contribution in [0.25, 0.3) is 0 Å². The van der Waals surface area contributed by atoms with Crippen molar-refractivity contribution in [2.24, 2.45) is 23.0 Å². The summed E-state index contributed by atoms with van der Waals surface area (Å²) < 4.78 is 0. The molecule has 0 bridgehead atoms. The van der Waals surface area contributed by atoms with Crippen molar-refractivity contribution in [1.82, 2.24) is 4.90 Å². The number of hydrogen-bond acceptors (Lipinski definition) is 2. The van der Waals surface area contributed by atoms with Crippen LogP contribution in [0.1, 0.15) is 47.0 Å². The van der Waals surface area contributed by atoms with E-state index in [1.807, 2.05) is 0 Å². The second-order valence-corrected chi connectivity index (χ2v) is 6.62. The van der Waals surface area contributed by atoms with E-state index >= 15 is 0 Å². The maximum atomic E-state index is 5.82. The van der Waals surface area contributed by atoms with Crippen LogP contribution in [0.15, 0.2) is 0 Å². The number of hydrogen-bond donors (Lipinski definition) is 1. The highest BCUT2D eigenvalue weighted by Crippen LogP contribution is 2.33. The van der Waals surface area contributed by atoms with Gasteiger partial charge in [-0.25, -0.2) is 0 Å². The van der Waals surface area contributed by atoms with E-state index < -0.39 is 0 Å². The third-order valence-corrected chi connectivity index (χ3v) is 4.46. The maximum Gasteiger partial charge on any atom is 0.0121 e. The molecule has 0 heterocycles. The Balaban J connectivity index is 2.55. The summed E-state index contributed by atoms with van der Waals surface area (Å²) in [6.07, 6.45) is 4.16. The quantitative estimate of drug-likeness (QED) is 0.798. The predicted molar refractivity (Wildman–Crippen MR) is 71.4 cm³/mol. The van der Waals surface area contributed by atoms with Crippen molar-refractivity contribution < 1.29 is 0 Å². The third-order valence-electron chi connectivity index (χ3n) is 4.46. The Kier molecular flexibility index (Phi) is 4.81. The molecule has 0 spiro atoms. The minimum absolute atomic E-state index is 0.245. The van der Waals surface area contributed by atoms with E-state index in [0.29, 0.717) is 0 Å². The van der Waals surface area contributed by atoms with Gasteiger partial charge in [-0.05, 0) is 37.3 Å². The van der Waals surface area contributed by atoms with Crippen LogP contribution >= 0.6 is 0 Å². The number of rotatable bonds is 4. The zero-order chi connectivity index (χ0) is 12.3. The van der Waals surface area contributed by atoms with Crippen LogP contribution in [0.2, 0.25) is 0 Å². The first kappa shape index (κ1) is 14.0. The van der Waals surface area contributed by atoms with Gasteiger partial charge in [0, 0.05) is 12.6 Å². The molecule has 0 aliphatic heterocycles.